The van der Waals surface area contributed by atoms with Crippen LogP contribution in [-0.2, 0) is 11.2 Å². The van der Waals surface area contributed by atoms with E-state index in [-0.39, 0.29) is 11.9 Å². The molecule has 3 N–H and O–H groups in total. The molecular formula is C19H27N7O. The molecule has 0 bridgehead atoms. The molecule has 0 radical (unpaired) electrons. The summed E-state index contributed by atoms with van der Waals surface area (Å²) in [6.07, 6.45) is 7.38. The molecule has 1 spiro atoms. The molecule has 8 nitrogen and oxygen atoms in total. The highest BCUT2D eigenvalue weighted by Gasteiger charge is 2.45. The van der Waals surface area contributed by atoms with Gasteiger partial charge in [0.25, 0.3) is 0 Å². The molecule has 0 saturated carbocycles. The first-order valence-electron chi connectivity index (χ1n) is 9.66. The van der Waals surface area contributed by atoms with Gasteiger partial charge in [-0.25, -0.2) is 4.98 Å². The fourth-order valence-corrected chi connectivity index (χ4v) is 4.34. The first-order valence-corrected chi connectivity index (χ1v) is 9.66. The predicted octanol–water partition coefficient (Wildman–Crippen LogP) is 0.599. The molecule has 4 rings (SSSR count). The van der Waals surface area contributed by atoms with Crippen molar-refractivity contribution < 1.29 is 4.79 Å². The van der Waals surface area contributed by atoms with Crippen LogP contribution in [0.25, 0.3) is 11.4 Å². The van der Waals surface area contributed by atoms with Crippen LogP contribution >= 0.6 is 0 Å². The number of hydrogen-bond acceptors (Lipinski definition) is 6. The number of amides is 1. The summed E-state index contributed by atoms with van der Waals surface area (Å²) >= 11 is 0. The van der Waals surface area contributed by atoms with Gasteiger partial charge in [0.1, 0.15) is 5.82 Å². The van der Waals surface area contributed by atoms with Gasteiger partial charge in [-0.3, -0.25) is 19.8 Å². The monoisotopic (exact) mass is 369 g/mol. The molecule has 4 heterocycles. The van der Waals surface area contributed by atoms with Gasteiger partial charge in [0, 0.05) is 37.5 Å². The van der Waals surface area contributed by atoms with Gasteiger partial charge in [0.05, 0.1) is 6.04 Å². The number of rotatable bonds is 5. The lowest BCUT2D eigenvalue weighted by molar-refractivity contribution is -0.125. The minimum absolute atomic E-state index is 0.0243. The maximum absolute atomic E-state index is 12.7. The Morgan fingerprint density at radius 2 is 2.26 bits per heavy atom. The lowest BCUT2D eigenvalue weighted by Crippen LogP contribution is -2.42. The summed E-state index contributed by atoms with van der Waals surface area (Å²) < 4.78 is 0. The second-order valence-electron chi connectivity index (χ2n) is 7.77. The predicted molar refractivity (Wildman–Crippen MR) is 102 cm³/mol. The van der Waals surface area contributed by atoms with Crippen LogP contribution in [0, 0.1) is 5.41 Å². The number of aromatic nitrogens is 4. The molecule has 2 aromatic rings. The van der Waals surface area contributed by atoms with Crippen molar-refractivity contribution in [3.05, 3.63) is 30.4 Å². The van der Waals surface area contributed by atoms with Crippen LogP contribution in [0.2, 0.25) is 0 Å². The molecule has 2 aromatic heterocycles. The Hall–Kier alpha value is -2.32. The fraction of sp³-hybridized carbons (Fsp3) is 0.579. The third-order valence-corrected chi connectivity index (χ3v) is 5.82. The summed E-state index contributed by atoms with van der Waals surface area (Å²) in [5.74, 6) is 1.52. The van der Waals surface area contributed by atoms with E-state index < -0.39 is 0 Å². The van der Waals surface area contributed by atoms with Gasteiger partial charge in [-0.15, -0.1) is 0 Å². The lowest BCUT2D eigenvalue weighted by atomic mass is 9.77. The zero-order valence-corrected chi connectivity index (χ0v) is 15.7. The first-order chi connectivity index (χ1) is 13.2. The third kappa shape index (κ3) is 4.01. The number of nitrogens with zero attached hydrogens (tertiary/aromatic N) is 4. The van der Waals surface area contributed by atoms with Gasteiger partial charge < -0.3 is 10.6 Å². The number of likely N-dealkylation sites (N-methyl/N-ethyl adjacent to an activating group) is 1. The van der Waals surface area contributed by atoms with E-state index in [0.717, 1.165) is 50.3 Å². The number of carbonyl (C=O) groups is 1. The Balaban J connectivity index is 1.28. The number of piperidine rings is 1. The van der Waals surface area contributed by atoms with Crippen LogP contribution < -0.4 is 10.6 Å². The van der Waals surface area contributed by atoms with Crippen molar-refractivity contribution in [1.29, 1.82) is 0 Å². The Kier molecular flexibility index (Phi) is 5.18. The van der Waals surface area contributed by atoms with Crippen molar-refractivity contribution in [2.24, 2.45) is 5.41 Å². The summed E-state index contributed by atoms with van der Waals surface area (Å²) in [5.41, 5.74) is 1.19. The van der Waals surface area contributed by atoms with E-state index in [1.54, 1.807) is 12.4 Å². The van der Waals surface area contributed by atoms with Crippen molar-refractivity contribution in [1.82, 2.24) is 35.7 Å². The number of nitrogens with one attached hydrogen (secondary N) is 3. The van der Waals surface area contributed by atoms with Crippen LogP contribution in [0.1, 0.15) is 25.1 Å². The topological polar surface area (TPSA) is 98.8 Å². The van der Waals surface area contributed by atoms with E-state index in [1.165, 1.54) is 0 Å². The minimum Gasteiger partial charge on any atom is -0.354 e. The van der Waals surface area contributed by atoms with E-state index in [1.807, 2.05) is 12.1 Å². The average molecular weight is 369 g/mol. The summed E-state index contributed by atoms with van der Waals surface area (Å²) in [4.78, 5) is 23.5. The Morgan fingerprint density at radius 3 is 3.04 bits per heavy atom. The van der Waals surface area contributed by atoms with Crippen molar-refractivity contribution in [2.75, 3.05) is 33.2 Å². The molecule has 2 aliphatic rings. The highest BCUT2D eigenvalue weighted by atomic mass is 16.2. The molecule has 1 atom stereocenters. The van der Waals surface area contributed by atoms with E-state index in [0.29, 0.717) is 24.2 Å². The van der Waals surface area contributed by atoms with Crippen LogP contribution in [-0.4, -0.2) is 70.2 Å². The number of pyridine rings is 1. The van der Waals surface area contributed by atoms with Gasteiger partial charge in [0.15, 0.2) is 5.82 Å². The third-order valence-electron chi connectivity index (χ3n) is 5.82. The van der Waals surface area contributed by atoms with Crippen molar-refractivity contribution in [3.8, 4) is 11.4 Å². The Bertz CT molecular complexity index is 769. The summed E-state index contributed by atoms with van der Waals surface area (Å²) in [5, 5.41) is 13.7. The molecule has 1 amide bonds. The van der Waals surface area contributed by atoms with E-state index in [4.69, 9.17) is 0 Å². The van der Waals surface area contributed by atoms with Gasteiger partial charge in [-0.2, -0.15) is 5.10 Å². The van der Waals surface area contributed by atoms with E-state index >= 15 is 0 Å². The molecule has 8 heteroatoms. The van der Waals surface area contributed by atoms with Gasteiger partial charge in [-0.05, 0) is 56.9 Å². The molecule has 2 saturated heterocycles. The Labute approximate surface area is 159 Å². The number of H-pyrrole nitrogens is 1. The standard InChI is InChI=1S/C19H27N7O/c1-26-13-19(5-9-20-10-6-19)11-15(26)18(27)22-8-4-16-23-17(25-24-16)14-3-2-7-21-12-14/h2-3,7,12,15,20H,4-6,8-11,13H2,1H3,(H,22,27)(H,23,24,25)/t15-/m1/s1. The molecular weight excluding hydrogens is 342 g/mol. The first kappa shape index (κ1) is 18.1. The molecule has 27 heavy (non-hydrogen) atoms. The van der Waals surface area contributed by atoms with Gasteiger partial charge in [0.2, 0.25) is 5.91 Å². The normalized spacial score (nSPS) is 22.2. The maximum Gasteiger partial charge on any atom is 0.237 e. The number of hydrogen-bond donors (Lipinski definition) is 3. The SMILES string of the molecule is CN1CC2(CCNCC2)C[C@@H]1C(=O)NCCc1nc(-c2cccnc2)n[nH]1. The summed E-state index contributed by atoms with van der Waals surface area (Å²) in [7, 11) is 2.07. The van der Waals surface area contributed by atoms with E-state index in [2.05, 4.69) is 42.7 Å². The van der Waals surface area contributed by atoms with E-state index in [9.17, 15) is 4.79 Å². The second kappa shape index (κ2) is 7.74. The smallest absolute Gasteiger partial charge is 0.237 e. The lowest BCUT2D eigenvalue weighted by Gasteiger charge is -2.33. The minimum atomic E-state index is -0.0243. The van der Waals surface area contributed by atoms with Crippen LogP contribution in [0.5, 0.6) is 0 Å². The highest BCUT2D eigenvalue weighted by Crippen LogP contribution is 2.41. The quantitative estimate of drug-likeness (QED) is 0.714. The van der Waals surface area contributed by atoms with Crippen molar-refractivity contribution >= 4 is 5.91 Å². The molecule has 0 aliphatic carbocycles. The second-order valence-corrected chi connectivity index (χ2v) is 7.77. The van der Waals surface area contributed by atoms with Crippen LogP contribution in [0.15, 0.2) is 24.5 Å². The average Bonchev–Trinajstić information content (AvgIpc) is 3.28. The van der Waals surface area contributed by atoms with Gasteiger partial charge >= 0.3 is 0 Å². The molecule has 2 fully saturated rings. The molecule has 0 aromatic carbocycles. The Morgan fingerprint density at radius 1 is 1.41 bits per heavy atom. The zero-order chi connectivity index (χ0) is 18.7. The number of likely N-dealkylation sites (tertiary alicyclic amines) is 1. The van der Waals surface area contributed by atoms with Gasteiger partial charge in [-0.1, -0.05) is 0 Å². The number of aromatic amines is 1. The van der Waals surface area contributed by atoms with Crippen LogP contribution in [0.4, 0.5) is 0 Å². The molecule has 0 unspecified atom stereocenters. The molecule has 144 valence electrons. The highest BCUT2D eigenvalue weighted by molar-refractivity contribution is 5.82. The fourth-order valence-electron chi connectivity index (χ4n) is 4.34. The van der Waals surface area contributed by atoms with Crippen molar-refractivity contribution in [2.45, 2.75) is 31.7 Å². The molecule has 2 aliphatic heterocycles. The zero-order valence-electron chi connectivity index (χ0n) is 15.7. The largest absolute Gasteiger partial charge is 0.354 e. The van der Waals surface area contributed by atoms with Crippen LogP contribution in [0.3, 0.4) is 0 Å². The summed E-state index contributed by atoms with van der Waals surface area (Å²) in [6.45, 7) is 3.70. The summed E-state index contributed by atoms with van der Waals surface area (Å²) in [6, 6.07) is 3.76. The number of carbonyl (C=O) groups excluding carboxylic acids is 1. The van der Waals surface area contributed by atoms with Crippen molar-refractivity contribution in [3.63, 3.8) is 0 Å². The maximum atomic E-state index is 12.7.